The number of amides is 1. The summed E-state index contributed by atoms with van der Waals surface area (Å²) in [6, 6.07) is 0.0748. The van der Waals surface area contributed by atoms with E-state index in [1.165, 1.54) is 0 Å². The maximum Gasteiger partial charge on any atom is 0.240 e. The van der Waals surface area contributed by atoms with Crippen molar-refractivity contribution < 1.29 is 9.90 Å². The second kappa shape index (κ2) is 4.94. The molecule has 0 aromatic rings. The molecule has 86 valence electrons. The van der Waals surface area contributed by atoms with Gasteiger partial charge < -0.3 is 15.3 Å². The number of piperidine rings is 1. The predicted molar refractivity (Wildman–Crippen MR) is 57.5 cm³/mol. The average molecular weight is 212 g/mol. The maximum absolute atomic E-state index is 12.1. The molecule has 2 aliphatic heterocycles. The summed E-state index contributed by atoms with van der Waals surface area (Å²) in [6.07, 6.45) is 5.21. The number of carbonyl (C=O) groups excluding carboxylic acids is 1. The van der Waals surface area contributed by atoms with E-state index < -0.39 is 0 Å². The Morgan fingerprint density at radius 2 is 2.20 bits per heavy atom. The van der Waals surface area contributed by atoms with Crippen molar-refractivity contribution >= 4 is 5.91 Å². The molecule has 0 aromatic carbocycles. The highest BCUT2D eigenvalue weighted by Gasteiger charge is 2.32. The summed E-state index contributed by atoms with van der Waals surface area (Å²) in [5.74, 6) is 0.200. The Hall–Kier alpha value is -0.610. The van der Waals surface area contributed by atoms with Crippen molar-refractivity contribution in [1.82, 2.24) is 10.2 Å². The fraction of sp³-hybridized carbons (Fsp3) is 0.909. The molecule has 2 saturated heterocycles. The summed E-state index contributed by atoms with van der Waals surface area (Å²) in [7, 11) is 0. The van der Waals surface area contributed by atoms with E-state index in [1.807, 2.05) is 4.90 Å². The fourth-order valence-corrected chi connectivity index (χ4v) is 2.58. The summed E-state index contributed by atoms with van der Waals surface area (Å²) >= 11 is 0. The largest absolute Gasteiger partial charge is 0.394 e. The first-order chi connectivity index (χ1) is 7.33. The number of nitrogens with zero attached hydrogens (tertiary/aromatic N) is 1. The third-order valence-electron chi connectivity index (χ3n) is 3.48. The first-order valence-electron chi connectivity index (χ1n) is 5.97. The standard InChI is InChI=1S/C11H20N2O2/c14-8-9-4-1-2-7-13(9)11(15)10-5-3-6-12-10/h9-10,12,14H,1-8H2/t9?,10-/m1/s1. The second-order valence-corrected chi connectivity index (χ2v) is 4.51. The van der Waals surface area contributed by atoms with Gasteiger partial charge in [-0.25, -0.2) is 0 Å². The highest BCUT2D eigenvalue weighted by Crippen LogP contribution is 2.19. The molecule has 1 unspecified atom stereocenters. The number of likely N-dealkylation sites (tertiary alicyclic amines) is 1. The first kappa shape index (κ1) is 10.9. The summed E-state index contributed by atoms with van der Waals surface area (Å²) in [4.78, 5) is 14.0. The Bertz CT molecular complexity index is 227. The molecule has 0 aromatic heterocycles. The SMILES string of the molecule is O=C([C@H]1CCCN1)N1CCCCC1CO. The van der Waals surface area contributed by atoms with E-state index in [9.17, 15) is 9.90 Å². The second-order valence-electron chi connectivity index (χ2n) is 4.51. The van der Waals surface area contributed by atoms with Crippen LogP contribution in [0.2, 0.25) is 0 Å². The zero-order chi connectivity index (χ0) is 10.7. The van der Waals surface area contributed by atoms with Gasteiger partial charge in [0.1, 0.15) is 0 Å². The molecule has 2 atom stereocenters. The first-order valence-corrected chi connectivity index (χ1v) is 5.97. The van der Waals surface area contributed by atoms with Gasteiger partial charge in [-0.1, -0.05) is 0 Å². The summed E-state index contributed by atoms with van der Waals surface area (Å²) < 4.78 is 0. The van der Waals surface area contributed by atoms with Gasteiger partial charge in [0.2, 0.25) is 5.91 Å². The van der Waals surface area contributed by atoms with Crippen molar-refractivity contribution in [2.24, 2.45) is 0 Å². The number of nitrogens with one attached hydrogen (secondary N) is 1. The molecule has 0 radical (unpaired) electrons. The van der Waals surface area contributed by atoms with E-state index >= 15 is 0 Å². The molecule has 2 fully saturated rings. The predicted octanol–water partition coefficient (Wildman–Crippen LogP) is 0.112. The molecule has 2 N–H and O–H groups in total. The number of aliphatic hydroxyl groups excluding tert-OH is 1. The molecule has 2 heterocycles. The lowest BCUT2D eigenvalue weighted by atomic mass is 10.0. The normalized spacial score (nSPS) is 31.9. The van der Waals surface area contributed by atoms with Crippen molar-refractivity contribution in [2.75, 3.05) is 19.7 Å². The van der Waals surface area contributed by atoms with Gasteiger partial charge in [0.15, 0.2) is 0 Å². The lowest BCUT2D eigenvalue weighted by Gasteiger charge is -2.36. The van der Waals surface area contributed by atoms with Crippen molar-refractivity contribution in [1.29, 1.82) is 0 Å². The van der Waals surface area contributed by atoms with Crippen LogP contribution in [0, 0.1) is 0 Å². The van der Waals surface area contributed by atoms with Crippen molar-refractivity contribution in [3.63, 3.8) is 0 Å². The molecule has 15 heavy (non-hydrogen) atoms. The fourth-order valence-electron chi connectivity index (χ4n) is 2.58. The van der Waals surface area contributed by atoms with Crippen LogP contribution in [0.25, 0.3) is 0 Å². The molecule has 0 aliphatic carbocycles. The van der Waals surface area contributed by atoms with E-state index in [0.717, 1.165) is 45.2 Å². The van der Waals surface area contributed by atoms with Crippen LogP contribution in [-0.2, 0) is 4.79 Å². The zero-order valence-corrected chi connectivity index (χ0v) is 9.11. The van der Waals surface area contributed by atoms with E-state index in [4.69, 9.17) is 0 Å². The van der Waals surface area contributed by atoms with E-state index in [-0.39, 0.29) is 24.6 Å². The molecule has 0 spiro atoms. The highest BCUT2D eigenvalue weighted by molar-refractivity contribution is 5.82. The molecule has 2 rings (SSSR count). The Morgan fingerprint density at radius 1 is 1.33 bits per heavy atom. The van der Waals surface area contributed by atoms with Gasteiger partial charge in [0, 0.05) is 6.54 Å². The third-order valence-corrected chi connectivity index (χ3v) is 3.48. The van der Waals surface area contributed by atoms with Gasteiger partial charge in [-0.3, -0.25) is 4.79 Å². The lowest BCUT2D eigenvalue weighted by Crippen LogP contribution is -2.51. The minimum Gasteiger partial charge on any atom is -0.394 e. The maximum atomic E-state index is 12.1. The quantitative estimate of drug-likeness (QED) is 0.683. The average Bonchev–Trinajstić information content (AvgIpc) is 2.81. The van der Waals surface area contributed by atoms with E-state index in [1.54, 1.807) is 0 Å². The van der Waals surface area contributed by atoms with Crippen LogP contribution in [0.4, 0.5) is 0 Å². The third kappa shape index (κ3) is 2.32. The number of carbonyl (C=O) groups is 1. The molecule has 2 aliphatic rings. The molecule has 4 nitrogen and oxygen atoms in total. The van der Waals surface area contributed by atoms with Gasteiger partial charge in [0.05, 0.1) is 18.7 Å². The Kier molecular flexibility index (Phi) is 3.59. The van der Waals surface area contributed by atoms with Crippen LogP contribution in [-0.4, -0.2) is 47.7 Å². The van der Waals surface area contributed by atoms with Gasteiger partial charge in [-0.2, -0.15) is 0 Å². The van der Waals surface area contributed by atoms with Crippen LogP contribution in [0.15, 0.2) is 0 Å². The molecular weight excluding hydrogens is 192 g/mol. The molecular formula is C11H20N2O2. The van der Waals surface area contributed by atoms with Gasteiger partial charge >= 0.3 is 0 Å². The van der Waals surface area contributed by atoms with E-state index in [0.29, 0.717) is 0 Å². The molecule has 0 saturated carbocycles. The van der Waals surface area contributed by atoms with Crippen molar-refractivity contribution in [3.05, 3.63) is 0 Å². The van der Waals surface area contributed by atoms with Crippen LogP contribution in [0.3, 0.4) is 0 Å². The van der Waals surface area contributed by atoms with Crippen LogP contribution in [0.5, 0.6) is 0 Å². The van der Waals surface area contributed by atoms with Gasteiger partial charge in [-0.15, -0.1) is 0 Å². The lowest BCUT2D eigenvalue weighted by molar-refractivity contribution is -0.137. The smallest absolute Gasteiger partial charge is 0.240 e. The van der Waals surface area contributed by atoms with Crippen molar-refractivity contribution in [2.45, 2.75) is 44.2 Å². The topological polar surface area (TPSA) is 52.6 Å². The Labute approximate surface area is 90.6 Å². The Balaban J connectivity index is 1.96. The summed E-state index contributed by atoms with van der Waals surface area (Å²) in [5, 5.41) is 12.5. The minimum atomic E-state index is 0.0112. The molecule has 4 heteroatoms. The number of hydrogen-bond donors (Lipinski definition) is 2. The molecule has 1 amide bonds. The highest BCUT2D eigenvalue weighted by atomic mass is 16.3. The van der Waals surface area contributed by atoms with Crippen molar-refractivity contribution in [3.8, 4) is 0 Å². The van der Waals surface area contributed by atoms with E-state index in [2.05, 4.69) is 5.32 Å². The zero-order valence-electron chi connectivity index (χ0n) is 9.11. The minimum absolute atomic E-state index is 0.0112. The van der Waals surface area contributed by atoms with Crippen LogP contribution >= 0.6 is 0 Å². The Morgan fingerprint density at radius 3 is 2.87 bits per heavy atom. The molecule has 0 bridgehead atoms. The van der Waals surface area contributed by atoms with Crippen LogP contribution < -0.4 is 5.32 Å². The van der Waals surface area contributed by atoms with Gasteiger partial charge in [0.25, 0.3) is 0 Å². The number of rotatable bonds is 2. The van der Waals surface area contributed by atoms with Gasteiger partial charge in [-0.05, 0) is 38.6 Å². The number of aliphatic hydroxyl groups is 1. The van der Waals surface area contributed by atoms with Crippen LogP contribution in [0.1, 0.15) is 32.1 Å². The summed E-state index contributed by atoms with van der Waals surface area (Å²) in [6.45, 7) is 1.88. The summed E-state index contributed by atoms with van der Waals surface area (Å²) in [5.41, 5.74) is 0. The monoisotopic (exact) mass is 212 g/mol. The number of hydrogen-bond acceptors (Lipinski definition) is 3.